The van der Waals surface area contributed by atoms with Crippen molar-refractivity contribution >= 4 is 46.6 Å². The first-order valence-electron chi connectivity index (χ1n) is 7.43. The summed E-state index contributed by atoms with van der Waals surface area (Å²) in [4.78, 5) is 16.7. The fourth-order valence-corrected chi connectivity index (χ4v) is 3.10. The first-order valence-corrected chi connectivity index (χ1v) is 9.06. The largest absolute Gasteiger partial charge is 0.325 e. The molecule has 0 aliphatic carbocycles. The molecule has 0 aliphatic heterocycles. The normalized spacial score (nSPS) is 12.0. The number of carbonyl (C=O) groups excluding carboxylic acids is 1. The molecule has 0 fully saturated rings. The molecule has 2 aromatic carbocycles. The van der Waals surface area contributed by atoms with Crippen molar-refractivity contribution in [2.24, 2.45) is 0 Å². The Morgan fingerprint density at radius 2 is 1.92 bits per heavy atom. The van der Waals surface area contributed by atoms with E-state index in [0.29, 0.717) is 26.7 Å². The lowest BCUT2D eigenvalue weighted by atomic mass is 10.2. The molecule has 5 nitrogen and oxygen atoms in total. The van der Waals surface area contributed by atoms with Gasteiger partial charge in [0.05, 0.1) is 5.25 Å². The summed E-state index contributed by atoms with van der Waals surface area (Å²) in [5.74, 6) is 0.478. The molecule has 3 rings (SSSR count). The highest BCUT2D eigenvalue weighted by Crippen LogP contribution is 2.24. The zero-order valence-electron chi connectivity index (χ0n) is 13.2. The molecule has 0 saturated heterocycles. The molecular formula is C17H14Cl2N4OS. The Kier molecular flexibility index (Phi) is 5.63. The third-order valence-corrected chi connectivity index (χ3v) is 4.77. The SMILES string of the molecule is C[C@H](Sc1n[nH]c(-c2ccc(Cl)cc2)n1)C(=O)Nc1cccc(Cl)c1. The van der Waals surface area contributed by atoms with Gasteiger partial charge in [-0.05, 0) is 49.4 Å². The average molecular weight is 393 g/mol. The Labute approximate surface area is 159 Å². The Balaban J connectivity index is 1.63. The number of carbonyl (C=O) groups is 1. The first-order chi connectivity index (χ1) is 12.0. The lowest BCUT2D eigenvalue weighted by molar-refractivity contribution is -0.115. The lowest BCUT2D eigenvalue weighted by Crippen LogP contribution is -2.22. The zero-order valence-corrected chi connectivity index (χ0v) is 15.5. The van der Waals surface area contributed by atoms with Crippen molar-refractivity contribution in [2.45, 2.75) is 17.3 Å². The number of benzene rings is 2. The highest BCUT2D eigenvalue weighted by molar-refractivity contribution is 8.00. The van der Waals surface area contributed by atoms with Crippen LogP contribution in [0.4, 0.5) is 5.69 Å². The maximum Gasteiger partial charge on any atom is 0.237 e. The van der Waals surface area contributed by atoms with Gasteiger partial charge in [0, 0.05) is 21.3 Å². The summed E-state index contributed by atoms with van der Waals surface area (Å²) < 4.78 is 0. The molecule has 0 unspecified atom stereocenters. The van der Waals surface area contributed by atoms with Gasteiger partial charge in [0.2, 0.25) is 11.1 Å². The monoisotopic (exact) mass is 392 g/mol. The molecule has 8 heteroatoms. The molecule has 1 amide bonds. The molecule has 0 aliphatic rings. The summed E-state index contributed by atoms with van der Waals surface area (Å²) in [6.45, 7) is 1.79. The standard InChI is InChI=1S/C17H14Cl2N4OS/c1-10(16(24)20-14-4-2-3-13(19)9-14)25-17-21-15(22-23-17)11-5-7-12(18)8-6-11/h2-10H,1H3,(H,20,24)(H,21,22,23)/t10-/m0/s1. The Morgan fingerprint density at radius 1 is 1.16 bits per heavy atom. The van der Waals surface area contributed by atoms with Gasteiger partial charge in [0.25, 0.3) is 0 Å². The van der Waals surface area contributed by atoms with Crippen LogP contribution in [0, 0.1) is 0 Å². The van der Waals surface area contributed by atoms with E-state index >= 15 is 0 Å². The van der Waals surface area contributed by atoms with E-state index in [1.165, 1.54) is 11.8 Å². The molecule has 0 spiro atoms. The van der Waals surface area contributed by atoms with Crippen LogP contribution in [-0.4, -0.2) is 26.3 Å². The highest BCUT2D eigenvalue weighted by atomic mass is 35.5. The third kappa shape index (κ3) is 4.75. The van der Waals surface area contributed by atoms with Crippen molar-refractivity contribution in [3.8, 4) is 11.4 Å². The van der Waals surface area contributed by atoms with E-state index in [0.717, 1.165) is 5.56 Å². The van der Waals surface area contributed by atoms with Gasteiger partial charge >= 0.3 is 0 Å². The molecular weight excluding hydrogens is 379 g/mol. The van der Waals surface area contributed by atoms with E-state index in [-0.39, 0.29) is 11.2 Å². The number of halogens is 2. The second-order valence-electron chi connectivity index (χ2n) is 5.23. The van der Waals surface area contributed by atoms with E-state index in [9.17, 15) is 4.79 Å². The second-order valence-corrected chi connectivity index (χ2v) is 7.41. The zero-order chi connectivity index (χ0) is 17.8. The number of H-pyrrole nitrogens is 1. The fraction of sp³-hybridized carbons (Fsp3) is 0.118. The van der Waals surface area contributed by atoms with E-state index in [1.54, 1.807) is 43.3 Å². The van der Waals surface area contributed by atoms with Crippen molar-refractivity contribution in [1.82, 2.24) is 15.2 Å². The number of hydrogen-bond donors (Lipinski definition) is 2. The highest BCUT2D eigenvalue weighted by Gasteiger charge is 2.17. The van der Waals surface area contributed by atoms with Gasteiger partial charge < -0.3 is 5.32 Å². The number of anilines is 1. The van der Waals surface area contributed by atoms with Crippen molar-refractivity contribution in [3.63, 3.8) is 0 Å². The van der Waals surface area contributed by atoms with Gasteiger partial charge in [0.15, 0.2) is 5.82 Å². The molecule has 0 saturated carbocycles. The number of rotatable bonds is 5. The van der Waals surface area contributed by atoms with Crippen LogP contribution in [0.2, 0.25) is 10.0 Å². The van der Waals surface area contributed by atoms with Gasteiger partial charge in [-0.3, -0.25) is 9.89 Å². The second kappa shape index (κ2) is 7.91. The lowest BCUT2D eigenvalue weighted by Gasteiger charge is -2.10. The number of thioether (sulfide) groups is 1. The van der Waals surface area contributed by atoms with Crippen LogP contribution in [0.15, 0.2) is 53.7 Å². The van der Waals surface area contributed by atoms with Crippen LogP contribution in [-0.2, 0) is 4.79 Å². The maximum absolute atomic E-state index is 12.3. The Bertz CT molecular complexity index is 882. The summed E-state index contributed by atoms with van der Waals surface area (Å²) in [7, 11) is 0. The topological polar surface area (TPSA) is 70.7 Å². The number of nitrogens with one attached hydrogen (secondary N) is 2. The number of amides is 1. The summed E-state index contributed by atoms with van der Waals surface area (Å²) in [6.07, 6.45) is 0. The molecule has 2 N–H and O–H groups in total. The van der Waals surface area contributed by atoms with Gasteiger partial charge in [-0.2, -0.15) is 0 Å². The number of aromatic nitrogens is 3. The van der Waals surface area contributed by atoms with Gasteiger partial charge in [-0.1, -0.05) is 41.0 Å². The van der Waals surface area contributed by atoms with Crippen LogP contribution in [0.1, 0.15) is 6.92 Å². The van der Waals surface area contributed by atoms with Gasteiger partial charge in [0.1, 0.15) is 0 Å². The van der Waals surface area contributed by atoms with Crippen molar-refractivity contribution in [2.75, 3.05) is 5.32 Å². The van der Waals surface area contributed by atoms with Crippen LogP contribution < -0.4 is 5.32 Å². The van der Waals surface area contributed by atoms with Crippen LogP contribution in [0.3, 0.4) is 0 Å². The quantitative estimate of drug-likeness (QED) is 0.605. The van der Waals surface area contributed by atoms with Crippen molar-refractivity contribution in [1.29, 1.82) is 0 Å². The van der Waals surface area contributed by atoms with Crippen molar-refractivity contribution in [3.05, 3.63) is 58.6 Å². The van der Waals surface area contributed by atoms with Crippen LogP contribution in [0.5, 0.6) is 0 Å². The maximum atomic E-state index is 12.3. The molecule has 1 heterocycles. The van der Waals surface area contributed by atoms with Gasteiger partial charge in [-0.25, -0.2) is 4.98 Å². The first kappa shape index (κ1) is 17.8. The smallest absolute Gasteiger partial charge is 0.237 e. The minimum atomic E-state index is -0.368. The van der Waals surface area contributed by atoms with E-state index in [4.69, 9.17) is 23.2 Å². The number of nitrogens with zero attached hydrogens (tertiary/aromatic N) is 2. The summed E-state index contributed by atoms with van der Waals surface area (Å²) in [6, 6.07) is 14.3. The van der Waals surface area contributed by atoms with Crippen LogP contribution in [0.25, 0.3) is 11.4 Å². The summed E-state index contributed by atoms with van der Waals surface area (Å²) in [5, 5.41) is 11.2. The molecule has 0 radical (unpaired) electrons. The number of hydrogen-bond acceptors (Lipinski definition) is 4. The number of aromatic amines is 1. The minimum absolute atomic E-state index is 0.148. The predicted molar refractivity (Wildman–Crippen MR) is 102 cm³/mol. The summed E-state index contributed by atoms with van der Waals surface area (Å²) in [5.41, 5.74) is 1.53. The predicted octanol–water partition coefficient (Wildman–Crippen LogP) is 4.90. The molecule has 1 aromatic heterocycles. The summed E-state index contributed by atoms with van der Waals surface area (Å²) >= 11 is 13.1. The van der Waals surface area contributed by atoms with E-state index < -0.39 is 0 Å². The van der Waals surface area contributed by atoms with Crippen LogP contribution >= 0.6 is 35.0 Å². The third-order valence-electron chi connectivity index (χ3n) is 3.33. The van der Waals surface area contributed by atoms with E-state index in [1.807, 2.05) is 12.1 Å². The fourth-order valence-electron chi connectivity index (χ4n) is 2.06. The van der Waals surface area contributed by atoms with E-state index in [2.05, 4.69) is 20.5 Å². The Morgan fingerprint density at radius 3 is 2.64 bits per heavy atom. The minimum Gasteiger partial charge on any atom is -0.325 e. The molecule has 25 heavy (non-hydrogen) atoms. The molecule has 1 atom stereocenters. The molecule has 0 bridgehead atoms. The molecule has 3 aromatic rings. The molecule has 128 valence electrons. The van der Waals surface area contributed by atoms with Gasteiger partial charge in [-0.15, -0.1) is 5.10 Å². The van der Waals surface area contributed by atoms with Crippen molar-refractivity contribution < 1.29 is 4.79 Å². The Hall–Kier alpha value is -2.02. The average Bonchev–Trinajstić information content (AvgIpc) is 3.04.